The van der Waals surface area contributed by atoms with Crippen LogP contribution in [0.5, 0.6) is 0 Å². The monoisotopic (exact) mass is 385 g/mol. The summed E-state index contributed by atoms with van der Waals surface area (Å²) in [5, 5.41) is 7.36. The van der Waals surface area contributed by atoms with Gasteiger partial charge in [-0.3, -0.25) is 4.79 Å². The minimum absolute atomic E-state index is 0.249. The molecular weight excluding hydrogens is 362 g/mol. The first-order valence-electron chi connectivity index (χ1n) is 9.60. The second kappa shape index (κ2) is 8.14. The Kier molecular flexibility index (Phi) is 5.24. The molecule has 2 heterocycles. The first-order chi connectivity index (χ1) is 14.1. The average molecular weight is 385 g/mol. The summed E-state index contributed by atoms with van der Waals surface area (Å²) in [4.78, 5) is 24.5. The van der Waals surface area contributed by atoms with Gasteiger partial charge in [0.1, 0.15) is 5.69 Å². The molecule has 0 spiro atoms. The molecule has 0 aliphatic carbocycles. The first kappa shape index (κ1) is 18.7. The van der Waals surface area contributed by atoms with Gasteiger partial charge in [-0.2, -0.15) is 0 Å². The zero-order valence-corrected chi connectivity index (χ0v) is 16.5. The molecular formula is C23H23N5O. The molecule has 4 rings (SSSR count). The van der Waals surface area contributed by atoms with Gasteiger partial charge in [0, 0.05) is 35.5 Å². The Hall–Kier alpha value is -3.67. The van der Waals surface area contributed by atoms with E-state index in [1.807, 2.05) is 50.4 Å². The number of fused-ring (bicyclic) bond motifs is 1. The van der Waals surface area contributed by atoms with E-state index in [0.717, 1.165) is 28.8 Å². The van der Waals surface area contributed by atoms with Crippen molar-refractivity contribution >= 4 is 28.4 Å². The Labute approximate surface area is 169 Å². The number of rotatable bonds is 6. The van der Waals surface area contributed by atoms with E-state index in [0.29, 0.717) is 18.2 Å². The largest absolute Gasteiger partial charge is 0.361 e. The van der Waals surface area contributed by atoms with Crippen LogP contribution in [-0.4, -0.2) is 27.4 Å². The quantitative estimate of drug-likeness (QED) is 0.457. The normalized spacial score (nSPS) is 10.8. The van der Waals surface area contributed by atoms with Crippen LogP contribution in [0.3, 0.4) is 0 Å². The molecule has 2 aromatic heterocycles. The SMILES string of the molecule is Cc1ccc(C)c(NC(=O)c2ccnc(NCCc3c[nH]c4ccccc34)n2)c1. The number of amides is 1. The Bertz CT molecular complexity index is 1160. The van der Waals surface area contributed by atoms with Crippen LogP contribution in [-0.2, 0) is 6.42 Å². The van der Waals surface area contributed by atoms with Crippen molar-refractivity contribution in [3.63, 3.8) is 0 Å². The maximum absolute atomic E-state index is 12.6. The van der Waals surface area contributed by atoms with Crippen molar-refractivity contribution in [2.45, 2.75) is 20.3 Å². The van der Waals surface area contributed by atoms with Crippen LogP contribution in [0.25, 0.3) is 10.9 Å². The molecule has 29 heavy (non-hydrogen) atoms. The number of nitrogens with zero attached hydrogens (tertiary/aromatic N) is 2. The third-order valence-corrected chi connectivity index (χ3v) is 4.88. The molecule has 2 aromatic carbocycles. The summed E-state index contributed by atoms with van der Waals surface area (Å²) >= 11 is 0. The Balaban J connectivity index is 1.40. The van der Waals surface area contributed by atoms with Crippen molar-refractivity contribution in [2.24, 2.45) is 0 Å². The van der Waals surface area contributed by atoms with Crippen molar-refractivity contribution in [2.75, 3.05) is 17.2 Å². The maximum atomic E-state index is 12.6. The third kappa shape index (κ3) is 4.27. The van der Waals surface area contributed by atoms with E-state index in [1.165, 1.54) is 10.9 Å². The highest BCUT2D eigenvalue weighted by atomic mass is 16.1. The van der Waals surface area contributed by atoms with Crippen LogP contribution in [0, 0.1) is 13.8 Å². The summed E-state index contributed by atoms with van der Waals surface area (Å²) in [6.07, 6.45) is 4.45. The van der Waals surface area contributed by atoms with Gasteiger partial charge in [0.05, 0.1) is 0 Å². The number of aromatic nitrogens is 3. The van der Waals surface area contributed by atoms with Gasteiger partial charge in [0.15, 0.2) is 0 Å². The first-order valence-corrected chi connectivity index (χ1v) is 9.60. The van der Waals surface area contributed by atoms with Gasteiger partial charge in [-0.15, -0.1) is 0 Å². The van der Waals surface area contributed by atoms with E-state index in [1.54, 1.807) is 12.3 Å². The molecule has 0 bridgehead atoms. The molecule has 0 saturated carbocycles. The molecule has 6 nitrogen and oxygen atoms in total. The number of carbonyl (C=O) groups excluding carboxylic acids is 1. The number of H-pyrrole nitrogens is 1. The van der Waals surface area contributed by atoms with Gasteiger partial charge >= 0.3 is 0 Å². The standard InChI is InChI=1S/C23H23N5O/c1-15-7-8-16(2)21(13-15)27-22(29)20-10-12-25-23(28-20)24-11-9-17-14-26-19-6-4-3-5-18(17)19/h3-8,10,12-14,26H,9,11H2,1-2H3,(H,27,29)(H,24,25,28). The zero-order valence-electron chi connectivity index (χ0n) is 16.5. The van der Waals surface area contributed by atoms with Gasteiger partial charge in [-0.05, 0) is 55.2 Å². The fraction of sp³-hybridized carbons (Fsp3) is 0.174. The lowest BCUT2D eigenvalue weighted by molar-refractivity contribution is 0.102. The zero-order chi connectivity index (χ0) is 20.2. The Morgan fingerprint density at radius 3 is 2.86 bits per heavy atom. The van der Waals surface area contributed by atoms with Crippen LogP contribution in [0.2, 0.25) is 0 Å². The minimum atomic E-state index is -0.249. The van der Waals surface area contributed by atoms with E-state index in [9.17, 15) is 4.79 Å². The van der Waals surface area contributed by atoms with Gasteiger partial charge in [-0.1, -0.05) is 30.3 Å². The molecule has 0 radical (unpaired) electrons. The fourth-order valence-corrected chi connectivity index (χ4v) is 3.27. The molecule has 3 N–H and O–H groups in total. The molecule has 1 amide bonds. The number of para-hydroxylation sites is 1. The maximum Gasteiger partial charge on any atom is 0.274 e. The van der Waals surface area contributed by atoms with Crippen LogP contribution in [0.15, 0.2) is 60.9 Å². The van der Waals surface area contributed by atoms with E-state index in [2.05, 4.69) is 37.7 Å². The third-order valence-electron chi connectivity index (χ3n) is 4.88. The second-order valence-corrected chi connectivity index (χ2v) is 7.07. The van der Waals surface area contributed by atoms with Crippen LogP contribution >= 0.6 is 0 Å². The minimum Gasteiger partial charge on any atom is -0.361 e. The molecule has 0 fully saturated rings. The van der Waals surface area contributed by atoms with Crippen molar-refractivity contribution in [3.8, 4) is 0 Å². The molecule has 146 valence electrons. The topological polar surface area (TPSA) is 82.7 Å². The van der Waals surface area contributed by atoms with Crippen LogP contribution in [0.4, 0.5) is 11.6 Å². The van der Waals surface area contributed by atoms with Crippen molar-refractivity contribution in [3.05, 3.63) is 83.3 Å². The number of hydrogen-bond acceptors (Lipinski definition) is 4. The van der Waals surface area contributed by atoms with Crippen molar-refractivity contribution in [1.82, 2.24) is 15.0 Å². The lowest BCUT2D eigenvalue weighted by Crippen LogP contribution is -2.16. The Morgan fingerprint density at radius 2 is 1.97 bits per heavy atom. The number of anilines is 2. The summed E-state index contributed by atoms with van der Waals surface area (Å²) in [5.41, 5.74) is 5.59. The number of nitrogens with one attached hydrogen (secondary N) is 3. The van der Waals surface area contributed by atoms with E-state index in [-0.39, 0.29) is 5.91 Å². The van der Waals surface area contributed by atoms with Gasteiger partial charge in [-0.25, -0.2) is 9.97 Å². The predicted molar refractivity (Wildman–Crippen MR) is 116 cm³/mol. The van der Waals surface area contributed by atoms with Crippen molar-refractivity contribution in [1.29, 1.82) is 0 Å². The molecule has 0 aliphatic rings. The number of aryl methyl sites for hydroxylation is 2. The number of benzene rings is 2. The number of aromatic amines is 1. The van der Waals surface area contributed by atoms with Gasteiger partial charge < -0.3 is 15.6 Å². The lowest BCUT2D eigenvalue weighted by Gasteiger charge is -2.10. The molecule has 0 atom stereocenters. The van der Waals surface area contributed by atoms with Crippen LogP contribution in [0.1, 0.15) is 27.2 Å². The van der Waals surface area contributed by atoms with Gasteiger partial charge in [0.25, 0.3) is 5.91 Å². The number of carbonyl (C=O) groups is 1. The summed E-state index contributed by atoms with van der Waals surface area (Å²) in [7, 11) is 0. The second-order valence-electron chi connectivity index (χ2n) is 7.07. The van der Waals surface area contributed by atoms with E-state index in [4.69, 9.17) is 0 Å². The van der Waals surface area contributed by atoms with E-state index < -0.39 is 0 Å². The van der Waals surface area contributed by atoms with E-state index >= 15 is 0 Å². The molecule has 4 aromatic rings. The highest BCUT2D eigenvalue weighted by Gasteiger charge is 2.11. The molecule has 0 aliphatic heterocycles. The van der Waals surface area contributed by atoms with Crippen molar-refractivity contribution < 1.29 is 4.79 Å². The summed E-state index contributed by atoms with van der Waals surface area (Å²) in [6, 6.07) is 15.8. The van der Waals surface area contributed by atoms with Crippen LogP contribution < -0.4 is 10.6 Å². The highest BCUT2D eigenvalue weighted by molar-refractivity contribution is 6.03. The average Bonchev–Trinajstić information content (AvgIpc) is 3.14. The fourth-order valence-electron chi connectivity index (χ4n) is 3.27. The Morgan fingerprint density at radius 1 is 1.10 bits per heavy atom. The smallest absolute Gasteiger partial charge is 0.274 e. The summed E-state index contributed by atoms with van der Waals surface area (Å²) in [6.45, 7) is 4.63. The highest BCUT2D eigenvalue weighted by Crippen LogP contribution is 2.19. The summed E-state index contributed by atoms with van der Waals surface area (Å²) < 4.78 is 0. The number of hydrogen-bond donors (Lipinski definition) is 3. The molecule has 0 unspecified atom stereocenters. The predicted octanol–water partition coefficient (Wildman–Crippen LogP) is 4.48. The summed E-state index contributed by atoms with van der Waals surface area (Å²) in [5.74, 6) is 0.194. The van der Waals surface area contributed by atoms with Gasteiger partial charge in [0.2, 0.25) is 5.95 Å². The molecule has 6 heteroatoms. The lowest BCUT2D eigenvalue weighted by atomic mass is 10.1. The molecule has 0 saturated heterocycles.